The van der Waals surface area contributed by atoms with Gasteiger partial charge in [-0.2, -0.15) is 0 Å². The Morgan fingerprint density at radius 3 is 2.62 bits per heavy atom. The Bertz CT molecular complexity index is 884. The first-order valence-corrected chi connectivity index (χ1v) is 7.83. The molecule has 1 aliphatic heterocycles. The lowest BCUT2D eigenvalue weighted by molar-refractivity contribution is 0.0724. The normalized spacial score (nSPS) is 13.6. The summed E-state index contributed by atoms with van der Waals surface area (Å²) in [5.74, 6) is 0.565. The topological polar surface area (TPSA) is 66.6 Å². The molecule has 120 valence electrons. The first-order chi connectivity index (χ1) is 11.7. The molecule has 0 fully saturated rings. The van der Waals surface area contributed by atoms with Crippen molar-refractivity contribution >= 4 is 5.91 Å². The minimum Gasteiger partial charge on any atom is -0.508 e. The van der Waals surface area contributed by atoms with Crippen LogP contribution in [0.1, 0.15) is 21.6 Å². The quantitative estimate of drug-likeness (QED) is 0.787. The van der Waals surface area contributed by atoms with E-state index in [0.717, 1.165) is 12.0 Å². The molecule has 4 rings (SSSR count). The molecule has 3 aromatic rings. The van der Waals surface area contributed by atoms with Crippen LogP contribution in [0.5, 0.6) is 5.75 Å². The minimum absolute atomic E-state index is 0.127. The number of carbonyl (C=O) groups excluding carboxylic acids is 1. The smallest absolute Gasteiger partial charge is 0.276 e. The Hall–Kier alpha value is -3.08. The van der Waals surface area contributed by atoms with Crippen LogP contribution in [0, 0.1) is 0 Å². The van der Waals surface area contributed by atoms with Gasteiger partial charge in [-0.3, -0.25) is 4.79 Å². The van der Waals surface area contributed by atoms with Crippen molar-refractivity contribution in [3.8, 4) is 17.1 Å². The van der Waals surface area contributed by atoms with Gasteiger partial charge in [0.15, 0.2) is 11.5 Å². The molecule has 0 radical (unpaired) electrons. The largest absolute Gasteiger partial charge is 0.508 e. The fraction of sp³-hybridized carbons (Fsp3) is 0.158. The van der Waals surface area contributed by atoms with Gasteiger partial charge in [0.25, 0.3) is 5.91 Å². The number of hydrogen-bond donors (Lipinski definition) is 1. The number of phenolic OH excluding ortho intramolecular Hbond substituents is 1. The molecule has 0 unspecified atom stereocenters. The fourth-order valence-electron chi connectivity index (χ4n) is 2.97. The number of carbonyl (C=O) groups is 1. The summed E-state index contributed by atoms with van der Waals surface area (Å²) in [5, 5.41) is 13.3. The number of fused-ring (bicyclic) bond motifs is 1. The molecule has 0 saturated heterocycles. The second kappa shape index (κ2) is 5.85. The number of aromatic nitrogens is 1. The van der Waals surface area contributed by atoms with Crippen LogP contribution < -0.4 is 0 Å². The maximum Gasteiger partial charge on any atom is 0.276 e. The summed E-state index contributed by atoms with van der Waals surface area (Å²) in [4.78, 5) is 14.5. The van der Waals surface area contributed by atoms with Gasteiger partial charge >= 0.3 is 0 Å². The highest BCUT2D eigenvalue weighted by atomic mass is 16.5. The number of benzene rings is 2. The molecule has 2 aromatic carbocycles. The van der Waals surface area contributed by atoms with E-state index in [1.807, 2.05) is 12.1 Å². The molecule has 1 N–H and O–H groups in total. The highest BCUT2D eigenvalue weighted by Gasteiger charge is 2.24. The second-order valence-corrected chi connectivity index (χ2v) is 5.87. The van der Waals surface area contributed by atoms with Gasteiger partial charge in [0, 0.05) is 24.7 Å². The zero-order valence-corrected chi connectivity index (χ0v) is 13.0. The van der Waals surface area contributed by atoms with Crippen molar-refractivity contribution in [2.45, 2.75) is 13.0 Å². The maximum atomic E-state index is 12.7. The summed E-state index contributed by atoms with van der Waals surface area (Å²) in [7, 11) is 0. The van der Waals surface area contributed by atoms with E-state index in [9.17, 15) is 9.90 Å². The number of nitrogens with zero attached hydrogens (tertiary/aromatic N) is 2. The summed E-state index contributed by atoms with van der Waals surface area (Å²) >= 11 is 0. The third-order valence-corrected chi connectivity index (χ3v) is 4.30. The highest BCUT2D eigenvalue weighted by Crippen LogP contribution is 2.24. The van der Waals surface area contributed by atoms with E-state index in [4.69, 9.17) is 4.52 Å². The van der Waals surface area contributed by atoms with Gasteiger partial charge in [-0.15, -0.1) is 0 Å². The van der Waals surface area contributed by atoms with Gasteiger partial charge < -0.3 is 14.5 Å². The van der Waals surface area contributed by atoms with E-state index in [2.05, 4.69) is 17.3 Å². The van der Waals surface area contributed by atoms with Crippen LogP contribution >= 0.6 is 0 Å². The van der Waals surface area contributed by atoms with Crippen LogP contribution in [0.4, 0.5) is 0 Å². The SMILES string of the molecule is O=C(c1cc(-c2ccc(O)cc2)on1)N1CCc2ccccc2C1. The molecule has 0 saturated carbocycles. The van der Waals surface area contributed by atoms with E-state index >= 15 is 0 Å². The Morgan fingerprint density at radius 1 is 1.08 bits per heavy atom. The zero-order chi connectivity index (χ0) is 16.5. The molecular weight excluding hydrogens is 304 g/mol. The Labute approximate surface area is 139 Å². The van der Waals surface area contributed by atoms with E-state index < -0.39 is 0 Å². The van der Waals surface area contributed by atoms with Crippen molar-refractivity contribution in [3.63, 3.8) is 0 Å². The number of aromatic hydroxyl groups is 1. The van der Waals surface area contributed by atoms with Crippen molar-refractivity contribution in [1.82, 2.24) is 10.1 Å². The summed E-state index contributed by atoms with van der Waals surface area (Å²) in [6, 6.07) is 16.4. The molecule has 2 heterocycles. The average Bonchev–Trinajstić information content (AvgIpc) is 3.11. The van der Waals surface area contributed by atoms with Gasteiger partial charge in [-0.05, 0) is 41.8 Å². The lowest BCUT2D eigenvalue weighted by Gasteiger charge is -2.28. The molecule has 24 heavy (non-hydrogen) atoms. The average molecular weight is 320 g/mol. The first-order valence-electron chi connectivity index (χ1n) is 7.83. The van der Waals surface area contributed by atoms with Crippen molar-refractivity contribution < 1.29 is 14.4 Å². The van der Waals surface area contributed by atoms with E-state index in [1.165, 1.54) is 11.1 Å². The van der Waals surface area contributed by atoms with Crippen molar-refractivity contribution in [3.05, 3.63) is 71.4 Å². The van der Waals surface area contributed by atoms with Crippen molar-refractivity contribution in [1.29, 1.82) is 0 Å². The number of amides is 1. The summed E-state index contributed by atoms with van der Waals surface area (Å²) in [5.41, 5.74) is 3.55. The predicted octanol–water partition coefficient (Wildman–Crippen LogP) is 3.25. The third kappa shape index (κ3) is 2.65. The third-order valence-electron chi connectivity index (χ3n) is 4.30. The molecule has 1 amide bonds. The molecule has 0 atom stereocenters. The van der Waals surface area contributed by atoms with Gasteiger partial charge in [-0.25, -0.2) is 0 Å². The maximum absolute atomic E-state index is 12.7. The lowest BCUT2D eigenvalue weighted by Crippen LogP contribution is -2.36. The van der Waals surface area contributed by atoms with Crippen LogP contribution in [0.3, 0.4) is 0 Å². The Morgan fingerprint density at radius 2 is 1.83 bits per heavy atom. The molecule has 0 aliphatic carbocycles. The molecule has 5 nitrogen and oxygen atoms in total. The molecule has 1 aromatic heterocycles. The highest BCUT2D eigenvalue weighted by molar-refractivity contribution is 5.93. The second-order valence-electron chi connectivity index (χ2n) is 5.87. The standard InChI is InChI=1S/C19H16N2O3/c22-16-7-5-14(6-8-16)18-11-17(20-24-18)19(23)21-10-9-13-3-1-2-4-15(13)12-21/h1-8,11,22H,9-10,12H2. The number of rotatable bonds is 2. The lowest BCUT2D eigenvalue weighted by atomic mass is 10.00. The van der Waals surface area contributed by atoms with E-state index in [-0.39, 0.29) is 11.7 Å². The van der Waals surface area contributed by atoms with Crippen LogP contribution in [-0.4, -0.2) is 27.6 Å². The summed E-state index contributed by atoms with van der Waals surface area (Å²) in [6.45, 7) is 1.27. The van der Waals surface area contributed by atoms with Gasteiger partial charge in [0.1, 0.15) is 5.75 Å². The van der Waals surface area contributed by atoms with Gasteiger partial charge in [0.2, 0.25) is 0 Å². The fourth-order valence-corrected chi connectivity index (χ4v) is 2.97. The Balaban J connectivity index is 1.55. The van der Waals surface area contributed by atoms with Gasteiger partial charge in [-0.1, -0.05) is 29.4 Å². The van der Waals surface area contributed by atoms with Crippen LogP contribution in [0.15, 0.2) is 59.1 Å². The number of phenols is 1. The Kier molecular flexibility index (Phi) is 3.54. The predicted molar refractivity (Wildman–Crippen MR) is 88.5 cm³/mol. The summed E-state index contributed by atoms with van der Waals surface area (Å²) in [6.07, 6.45) is 0.852. The molecule has 5 heteroatoms. The summed E-state index contributed by atoms with van der Waals surface area (Å²) < 4.78 is 5.29. The number of hydrogen-bond acceptors (Lipinski definition) is 4. The van der Waals surface area contributed by atoms with Crippen molar-refractivity contribution in [2.75, 3.05) is 6.54 Å². The van der Waals surface area contributed by atoms with E-state index in [1.54, 1.807) is 35.2 Å². The monoisotopic (exact) mass is 320 g/mol. The first kappa shape index (κ1) is 14.5. The van der Waals surface area contributed by atoms with Crippen LogP contribution in [-0.2, 0) is 13.0 Å². The molecule has 0 spiro atoms. The molecular formula is C19H16N2O3. The molecule has 0 bridgehead atoms. The zero-order valence-electron chi connectivity index (χ0n) is 13.0. The van der Waals surface area contributed by atoms with Crippen LogP contribution in [0.25, 0.3) is 11.3 Å². The minimum atomic E-state index is -0.127. The van der Waals surface area contributed by atoms with Crippen molar-refractivity contribution in [2.24, 2.45) is 0 Å². The van der Waals surface area contributed by atoms with Crippen LogP contribution in [0.2, 0.25) is 0 Å². The molecule has 1 aliphatic rings. The van der Waals surface area contributed by atoms with Gasteiger partial charge in [0.05, 0.1) is 0 Å². The van der Waals surface area contributed by atoms with E-state index in [0.29, 0.717) is 24.5 Å².